The maximum absolute atomic E-state index is 9.23. The number of nitrogens with zero attached hydrogens (tertiary/aromatic N) is 2. The second kappa shape index (κ2) is 5.83. The zero-order valence-corrected chi connectivity index (χ0v) is 11.8. The van der Waals surface area contributed by atoms with Gasteiger partial charge in [-0.1, -0.05) is 12.8 Å². The van der Waals surface area contributed by atoms with Crippen LogP contribution in [0.3, 0.4) is 0 Å². The van der Waals surface area contributed by atoms with Crippen LogP contribution >= 0.6 is 15.9 Å². The zero-order chi connectivity index (χ0) is 12.3. The Bertz CT molecular complexity index is 378. The third-order valence-electron chi connectivity index (χ3n) is 3.44. The molecule has 0 aromatic carbocycles. The SMILES string of the molecule is Cc1ccnc(N(CCO)C2CCCC2)c1Br. The predicted molar refractivity (Wildman–Crippen MR) is 73.4 cm³/mol. The Morgan fingerprint density at radius 1 is 1.47 bits per heavy atom. The van der Waals surface area contributed by atoms with Crippen molar-refractivity contribution in [1.82, 2.24) is 4.98 Å². The molecule has 1 aliphatic carbocycles. The largest absolute Gasteiger partial charge is 0.395 e. The van der Waals surface area contributed by atoms with Gasteiger partial charge in [-0.05, 0) is 47.3 Å². The fourth-order valence-corrected chi connectivity index (χ4v) is 2.97. The number of halogens is 1. The zero-order valence-electron chi connectivity index (χ0n) is 10.2. The molecule has 0 amide bonds. The van der Waals surface area contributed by atoms with E-state index < -0.39 is 0 Å². The van der Waals surface area contributed by atoms with Gasteiger partial charge >= 0.3 is 0 Å². The summed E-state index contributed by atoms with van der Waals surface area (Å²) in [4.78, 5) is 6.72. The number of aryl methyl sites for hydroxylation is 1. The molecule has 1 fully saturated rings. The monoisotopic (exact) mass is 298 g/mol. The maximum Gasteiger partial charge on any atom is 0.143 e. The van der Waals surface area contributed by atoms with E-state index in [1.54, 1.807) is 0 Å². The molecule has 1 saturated carbocycles. The minimum absolute atomic E-state index is 0.179. The third kappa shape index (κ3) is 2.80. The number of aromatic nitrogens is 1. The van der Waals surface area contributed by atoms with Crippen molar-refractivity contribution in [2.45, 2.75) is 38.6 Å². The molecule has 1 aromatic rings. The standard InChI is InChI=1S/C13H19BrN2O/c1-10-6-7-15-13(12(10)14)16(8-9-17)11-4-2-3-5-11/h6-7,11,17H,2-5,8-9H2,1H3. The van der Waals surface area contributed by atoms with Crippen molar-refractivity contribution >= 4 is 21.7 Å². The lowest BCUT2D eigenvalue weighted by atomic mass is 10.2. The maximum atomic E-state index is 9.23. The van der Waals surface area contributed by atoms with Gasteiger partial charge < -0.3 is 10.0 Å². The van der Waals surface area contributed by atoms with E-state index in [1.807, 2.05) is 12.3 Å². The van der Waals surface area contributed by atoms with Gasteiger partial charge in [0.25, 0.3) is 0 Å². The van der Waals surface area contributed by atoms with E-state index in [0.29, 0.717) is 12.6 Å². The van der Waals surface area contributed by atoms with Crippen LogP contribution in [0, 0.1) is 6.92 Å². The van der Waals surface area contributed by atoms with E-state index in [4.69, 9.17) is 0 Å². The average molecular weight is 299 g/mol. The van der Waals surface area contributed by atoms with Crippen LogP contribution in [0.25, 0.3) is 0 Å². The Morgan fingerprint density at radius 3 is 2.82 bits per heavy atom. The van der Waals surface area contributed by atoms with Crippen LogP contribution in [0.4, 0.5) is 5.82 Å². The van der Waals surface area contributed by atoms with E-state index in [0.717, 1.165) is 10.3 Å². The summed E-state index contributed by atoms with van der Waals surface area (Å²) in [6.45, 7) is 2.92. The molecule has 1 aliphatic rings. The molecule has 2 rings (SSSR count). The van der Waals surface area contributed by atoms with Crippen molar-refractivity contribution in [3.63, 3.8) is 0 Å². The lowest BCUT2D eigenvalue weighted by Gasteiger charge is -2.30. The molecule has 1 aromatic heterocycles. The third-order valence-corrected chi connectivity index (χ3v) is 4.42. The first-order chi connectivity index (χ1) is 8.24. The highest BCUT2D eigenvalue weighted by molar-refractivity contribution is 9.10. The quantitative estimate of drug-likeness (QED) is 0.928. The van der Waals surface area contributed by atoms with E-state index in [-0.39, 0.29) is 6.61 Å². The molecule has 3 nitrogen and oxygen atoms in total. The van der Waals surface area contributed by atoms with Gasteiger partial charge in [-0.3, -0.25) is 0 Å². The van der Waals surface area contributed by atoms with Gasteiger partial charge in [-0.2, -0.15) is 0 Å². The Morgan fingerprint density at radius 2 is 2.18 bits per heavy atom. The molecular formula is C13H19BrN2O. The van der Waals surface area contributed by atoms with Gasteiger partial charge in [0, 0.05) is 18.8 Å². The van der Waals surface area contributed by atoms with Gasteiger partial charge in [0.1, 0.15) is 5.82 Å². The molecule has 0 saturated heterocycles. The van der Waals surface area contributed by atoms with Crippen LogP contribution in [0.2, 0.25) is 0 Å². The van der Waals surface area contributed by atoms with E-state index in [9.17, 15) is 5.11 Å². The van der Waals surface area contributed by atoms with Gasteiger partial charge in [-0.15, -0.1) is 0 Å². The van der Waals surface area contributed by atoms with Crippen molar-refractivity contribution in [3.8, 4) is 0 Å². The minimum Gasteiger partial charge on any atom is -0.395 e. The fourth-order valence-electron chi connectivity index (χ4n) is 2.51. The minimum atomic E-state index is 0.179. The van der Waals surface area contributed by atoms with Crippen molar-refractivity contribution in [2.24, 2.45) is 0 Å². The smallest absolute Gasteiger partial charge is 0.143 e. The molecule has 0 spiro atoms. The summed E-state index contributed by atoms with van der Waals surface area (Å²) >= 11 is 3.61. The Hall–Kier alpha value is -0.610. The first-order valence-corrected chi connectivity index (χ1v) is 7.02. The van der Waals surface area contributed by atoms with Gasteiger partial charge in [-0.25, -0.2) is 4.98 Å². The number of rotatable bonds is 4. The van der Waals surface area contributed by atoms with Crippen molar-refractivity contribution in [2.75, 3.05) is 18.1 Å². The van der Waals surface area contributed by atoms with Crippen LogP contribution in [0.5, 0.6) is 0 Å². The summed E-state index contributed by atoms with van der Waals surface area (Å²) in [5.74, 6) is 0.978. The van der Waals surface area contributed by atoms with Crippen LogP contribution in [-0.4, -0.2) is 29.3 Å². The number of hydrogen-bond acceptors (Lipinski definition) is 3. The predicted octanol–water partition coefficient (Wildman–Crippen LogP) is 2.89. The summed E-state index contributed by atoms with van der Waals surface area (Å²) < 4.78 is 1.06. The topological polar surface area (TPSA) is 36.4 Å². The molecule has 17 heavy (non-hydrogen) atoms. The molecule has 0 bridgehead atoms. The first kappa shape index (κ1) is 12.8. The Labute approximate surface area is 111 Å². The molecule has 0 atom stereocenters. The number of anilines is 1. The fraction of sp³-hybridized carbons (Fsp3) is 0.615. The molecular weight excluding hydrogens is 280 g/mol. The highest BCUT2D eigenvalue weighted by Gasteiger charge is 2.24. The number of aliphatic hydroxyl groups excluding tert-OH is 1. The second-order valence-corrected chi connectivity index (χ2v) is 5.41. The first-order valence-electron chi connectivity index (χ1n) is 6.22. The summed E-state index contributed by atoms with van der Waals surface area (Å²) in [6.07, 6.45) is 6.84. The summed E-state index contributed by atoms with van der Waals surface area (Å²) in [6, 6.07) is 2.53. The molecule has 94 valence electrons. The number of pyridine rings is 1. The summed E-state index contributed by atoms with van der Waals surface area (Å²) in [7, 11) is 0. The molecule has 0 unspecified atom stereocenters. The van der Waals surface area contributed by atoms with Crippen LogP contribution in [0.1, 0.15) is 31.2 Å². The summed E-state index contributed by atoms with van der Waals surface area (Å²) in [5, 5.41) is 9.23. The van der Waals surface area contributed by atoms with E-state index >= 15 is 0 Å². The number of aliphatic hydroxyl groups is 1. The molecule has 0 radical (unpaired) electrons. The Balaban J connectivity index is 2.27. The molecule has 1 heterocycles. The highest BCUT2D eigenvalue weighted by Crippen LogP contribution is 2.32. The normalized spacial score (nSPS) is 16.4. The van der Waals surface area contributed by atoms with Crippen molar-refractivity contribution < 1.29 is 5.11 Å². The molecule has 1 N–H and O–H groups in total. The molecule has 4 heteroatoms. The van der Waals surface area contributed by atoms with E-state index in [2.05, 4.69) is 32.7 Å². The lowest BCUT2D eigenvalue weighted by molar-refractivity contribution is 0.296. The highest BCUT2D eigenvalue weighted by atomic mass is 79.9. The number of hydrogen-bond donors (Lipinski definition) is 1. The van der Waals surface area contributed by atoms with Crippen molar-refractivity contribution in [1.29, 1.82) is 0 Å². The van der Waals surface area contributed by atoms with Gasteiger partial charge in [0.05, 0.1) is 11.1 Å². The van der Waals surface area contributed by atoms with Crippen molar-refractivity contribution in [3.05, 3.63) is 22.3 Å². The van der Waals surface area contributed by atoms with E-state index in [1.165, 1.54) is 31.2 Å². The Kier molecular flexibility index (Phi) is 4.40. The lowest BCUT2D eigenvalue weighted by Crippen LogP contribution is -2.36. The second-order valence-electron chi connectivity index (χ2n) is 4.62. The average Bonchev–Trinajstić information content (AvgIpc) is 2.84. The van der Waals surface area contributed by atoms with Gasteiger partial charge in [0.2, 0.25) is 0 Å². The molecule has 0 aliphatic heterocycles. The van der Waals surface area contributed by atoms with Crippen LogP contribution in [0.15, 0.2) is 16.7 Å². The van der Waals surface area contributed by atoms with Gasteiger partial charge in [0.15, 0.2) is 0 Å². The van der Waals surface area contributed by atoms with Crippen LogP contribution < -0.4 is 4.90 Å². The summed E-state index contributed by atoms with van der Waals surface area (Å²) in [5.41, 5.74) is 1.19. The van der Waals surface area contributed by atoms with Crippen LogP contribution in [-0.2, 0) is 0 Å².